The molecule has 0 fully saturated rings. The van der Waals surface area contributed by atoms with Crippen molar-refractivity contribution in [3.63, 3.8) is 0 Å². The molecule has 2 rings (SSSR count). The molecule has 1 aromatic carbocycles. The minimum absolute atomic E-state index is 0.0207. The number of benzene rings is 1. The van der Waals surface area contributed by atoms with E-state index in [-0.39, 0.29) is 24.3 Å². The first-order valence-corrected chi connectivity index (χ1v) is 7.32. The average Bonchev–Trinajstić information content (AvgIpc) is 2.51. The number of nitrogens with one attached hydrogen (secondary N) is 1. The number of nitrogens with zero attached hydrogens (tertiary/aromatic N) is 2. The molecule has 0 spiro atoms. The minimum Gasteiger partial charge on any atom is -0.347 e. The smallest absolute Gasteiger partial charge is 0.241 e. The van der Waals surface area contributed by atoms with Crippen LogP contribution in [0.25, 0.3) is 0 Å². The lowest BCUT2D eigenvalue weighted by molar-refractivity contribution is -0.140. The quantitative estimate of drug-likeness (QED) is 0.892. The van der Waals surface area contributed by atoms with Crippen molar-refractivity contribution in [3.8, 4) is 0 Å². The van der Waals surface area contributed by atoms with Gasteiger partial charge in [-0.05, 0) is 18.1 Å². The van der Waals surface area contributed by atoms with Gasteiger partial charge >= 0.3 is 0 Å². The fourth-order valence-electron chi connectivity index (χ4n) is 2.59. The molecule has 0 saturated carbocycles. The van der Waals surface area contributed by atoms with Crippen LogP contribution in [0.4, 0.5) is 0 Å². The Labute approximate surface area is 125 Å². The maximum atomic E-state index is 12.8. The molecule has 0 aliphatic carbocycles. The van der Waals surface area contributed by atoms with E-state index in [9.17, 15) is 9.59 Å². The van der Waals surface area contributed by atoms with Crippen molar-refractivity contribution in [2.24, 2.45) is 0 Å². The van der Waals surface area contributed by atoms with E-state index in [2.05, 4.69) is 5.32 Å². The first kappa shape index (κ1) is 15.5. The lowest BCUT2D eigenvalue weighted by atomic mass is 9.90. The summed E-state index contributed by atoms with van der Waals surface area (Å²) in [6, 6.07) is 8.01. The molecule has 5 heteroatoms. The zero-order valence-corrected chi connectivity index (χ0v) is 12.9. The Morgan fingerprint density at radius 2 is 2.00 bits per heavy atom. The summed E-state index contributed by atoms with van der Waals surface area (Å²) in [6.07, 6.45) is 0. The second-order valence-electron chi connectivity index (χ2n) is 5.52. The molecular formula is C16H23N3O2. The lowest BCUT2D eigenvalue weighted by Gasteiger charge is -2.31. The van der Waals surface area contributed by atoms with Gasteiger partial charge in [0, 0.05) is 33.7 Å². The van der Waals surface area contributed by atoms with Crippen LogP contribution in [-0.4, -0.2) is 55.3 Å². The lowest BCUT2D eigenvalue weighted by Crippen LogP contribution is -2.45. The molecule has 114 valence electrons. The van der Waals surface area contributed by atoms with Crippen LogP contribution in [0.15, 0.2) is 24.3 Å². The third-order valence-electron chi connectivity index (χ3n) is 3.91. The van der Waals surface area contributed by atoms with Crippen LogP contribution in [-0.2, 0) is 16.1 Å². The average molecular weight is 289 g/mol. The first-order chi connectivity index (χ1) is 10.0. The molecule has 1 aliphatic heterocycles. The highest BCUT2D eigenvalue weighted by molar-refractivity contribution is 5.89. The highest BCUT2D eigenvalue weighted by Gasteiger charge is 2.30. The number of carbonyl (C=O) groups excluding carboxylic acids is 2. The molecule has 0 saturated heterocycles. The number of hydrogen-bond acceptors (Lipinski definition) is 3. The Balaban J connectivity index is 2.17. The fourth-order valence-corrected chi connectivity index (χ4v) is 2.59. The van der Waals surface area contributed by atoms with Gasteiger partial charge in [0.1, 0.15) is 0 Å². The van der Waals surface area contributed by atoms with Gasteiger partial charge in [0.2, 0.25) is 11.8 Å². The van der Waals surface area contributed by atoms with E-state index in [4.69, 9.17) is 0 Å². The largest absolute Gasteiger partial charge is 0.347 e. The molecule has 2 amide bonds. The van der Waals surface area contributed by atoms with E-state index < -0.39 is 0 Å². The number of hydrogen-bond donors (Lipinski definition) is 1. The van der Waals surface area contributed by atoms with Crippen molar-refractivity contribution < 1.29 is 9.59 Å². The standard InChI is InChI=1S/C16H23N3O2/c1-4-19(11-15(20)18(2)3)16(21)14-10-17-9-12-7-5-6-8-13(12)14/h5-8,14,17H,4,9-11H2,1-3H3. The molecule has 1 unspecified atom stereocenters. The van der Waals surface area contributed by atoms with Crippen molar-refractivity contribution in [3.05, 3.63) is 35.4 Å². The SMILES string of the molecule is CCN(CC(=O)N(C)C)C(=O)C1CNCc2ccccc21. The van der Waals surface area contributed by atoms with E-state index in [1.165, 1.54) is 4.90 Å². The normalized spacial score (nSPS) is 17.0. The predicted molar refractivity (Wildman–Crippen MR) is 81.8 cm³/mol. The molecule has 5 nitrogen and oxygen atoms in total. The summed E-state index contributed by atoms with van der Waals surface area (Å²) < 4.78 is 0. The monoisotopic (exact) mass is 289 g/mol. The molecule has 1 aromatic rings. The second kappa shape index (κ2) is 6.72. The maximum absolute atomic E-state index is 12.8. The van der Waals surface area contributed by atoms with Crippen molar-refractivity contribution >= 4 is 11.8 Å². The topological polar surface area (TPSA) is 52.7 Å². The zero-order valence-electron chi connectivity index (χ0n) is 12.9. The van der Waals surface area contributed by atoms with Gasteiger partial charge in [-0.1, -0.05) is 24.3 Å². The number of fused-ring (bicyclic) bond motifs is 1. The Bertz CT molecular complexity index is 528. The Morgan fingerprint density at radius 1 is 1.29 bits per heavy atom. The summed E-state index contributed by atoms with van der Waals surface area (Å²) in [5, 5.41) is 3.28. The third-order valence-corrected chi connectivity index (χ3v) is 3.91. The summed E-state index contributed by atoms with van der Waals surface area (Å²) in [6.45, 7) is 4.01. The van der Waals surface area contributed by atoms with E-state index in [0.717, 1.165) is 17.7 Å². The van der Waals surface area contributed by atoms with Crippen molar-refractivity contribution in [2.75, 3.05) is 33.7 Å². The summed E-state index contributed by atoms with van der Waals surface area (Å²) in [5.74, 6) is -0.237. The highest BCUT2D eigenvalue weighted by Crippen LogP contribution is 2.25. The summed E-state index contributed by atoms with van der Waals surface area (Å²) in [4.78, 5) is 27.8. The molecule has 0 bridgehead atoms. The Morgan fingerprint density at radius 3 is 2.67 bits per heavy atom. The van der Waals surface area contributed by atoms with Crippen molar-refractivity contribution in [2.45, 2.75) is 19.4 Å². The predicted octanol–water partition coefficient (Wildman–Crippen LogP) is 0.810. The van der Waals surface area contributed by atoms with Gasteiger partial charge in [0.25, 0.3) is 0 Å². The van der Waals surface area contributed by atoms with Gasteiger partial charge in [0.05, 0.1) is 12.5 Å². The Kier molecular flexibility index (Phi) is 4.96. The van der Waals surface area contributed by atoms with E-state index >= 15 is 0 Å². The van der Waals surface area contributed by atoms with Gasteiger partial charge in [-0.2, -0.15) is 0 Å². The molecule has 0 aromatic heterocycles. The van der Waals surface area contributed by atoms with E-state index in [1.807, 2.05) is 31.2 Å². The van der Waals surface area contributed by atoms with Gasteiger partial charge in [-0.15, -0.1) is 0 Å². The van der Waals surface area contributed by atoms with E-state index in [1.54, 1.807) is 19.0 Å². The number of likely N-dealkylation sites (N-methyl/N-ethyl adjacent to an activating group) is 2. The van der Waals surface area contributed by atoms with Gasteiger partial charge in [-0.25, -0.2) is 0 Å². The van der Waals surface area contributed by atoms with Crippen LogP contribution in [0.3, 0.4) is 0 Å². The molecule has 1 N–H and O–H groups in total. The van der Waals surface area contributed by atoms with Crippen molar-refractivity contribution in [1.29, 1.82) is 0 Å². The number of rotatable bonds is 4. The second-order valence-corrected chi connectivity index (χ2v) is 5.52. The third kappa shape index (κ3) is 3.42. The van der Waals surface area contributed by atoms with Crippen LogP contribution >= 0.6 is 0 Å². The minimum atomic E-state index is -0.204. The number of carbonyl (C=O) groups is 2. The van der Waals surface area contributed by atoms with Crippen LogP contribution in [0, 0.1) is 0 Å². The van der Waals surface area contributed by atoms with Crippen molar-refractivity contribution in [1.82, 2.24) is 15.1 Å². The van der Waals surface area contributed by atoms with Crippen LogP contribution in [0.5, 0.6) is 0 Å². The molecule has 1 heterocycles. The van der Waals surface area contributed by atoms with Crippen LogP contribution in [0.2, 0.25) is 0 Å². The van der Waals surface area contributed by atoms with Gasteiger partial charge < -0.3 is 15.1 Å². The molecule has 0 radical (unpaired) electrons. The summed E-state index contributed by atoms with van der Waals surface area (Å²) in [7, 11) is 3.41. The molecular weight excluding hydrogens is 266 g/mol. The summed E-state index contributed by atoms with van der Waals surface area (Å²) in [5.41, 5.74) is 2.24. The van der Waals surface area contributed by atoms with E-state index in [0.29, 0.717) is 13.1 Å². The fraction of sp³-hybridized carbons (Fsp3) is 0.500. The van der Waals surface area contributed by atoms with Gasteiger partial charge in [-0.3, -0.25) is 9.59 Å². The maximum Gasteiger partial charge on any atom is 0.241 e. The molecule has 21 heavy (non-hydrogen) atoms. The zero-order chi connectivity index (χ0) is 15.4. The summed E-state index contributed by atoms with van der Waals surface area (Å²) >= 11 is 0. The van der Waals surface area contributed by atoms with Crippen LogP contribution < -0.4 is 5.32 Å². The molecule has 1 aliphatic rings. The Hall–Kier alpha value is -1.88. The number of amides is 2. The van der Waals surface area contributed by atoms with Crippen LogP contribution in [0.1, 0.15) is 24.0 Å². The highest BCUT2D eigenvalue weighted by atomic mass is 16.2. The van der Waals surface area contributed by atoms with Gasteiger partial charge in [0.15, 0.2) is 0 Å². The first-order valence-electron chi connectivity index (χ1n) is 7.32. The molecule has 1 atom stereocenters.